The molecule has 0 aromatic carbocycles. The molecule has 0 bridgehead atoms. The summed E-state index contributed by atoms with van der Waals surface area (Å²) in [5, 5.41) is 0. The van der Waals surface area contributed by atoms with Crippen molar-refractivity contribution >= 4 is 23.9 Å². The Morgan fingerprint density at radius 2 is 1.36 bits per heavy atom. The lowest BCUT2D eigenvalue weighted by atomic mass is 9.94. The fraction of sp³-hybridized carbons (Fsp3) is 0.765. The minimum absolute atomic E-state index is 0.359. The molecular formula is C17H26O11. The van der Waals surface area contributed by atoms with Gasteiger partial charge >= 0.3 is 23.9 Å². The lowest BCUT2D eigenvalue weighted by Gasteiger charge is -2.45. The van der Waals surface area contributed by atoms with Gasteiger partial charge in [0.1, 0.15) is 18.8 Å². The Morgan fingerprint density at radius 3 is 1.79 bits per heavy atom. The van der Waals surface area contributed by atoms with Crippen molar-refractivity contribution in [1.82, 2.24) is 0 Å². The highest BCUT2D eigenvalue weighted by molar-refractivity contribution is 5.68. The minimum atomic E-state index is -1.15. The number of ether oxygens (including phenoxy) is 7. The fourth-order valence-electron chi connectivity index (χ4n) is 2.84. The van der Waals surface area contributed by atoms with E-state index in [-0.39, 0.29) is 6.61 Å². The zero-order chi connectivity index (χ0) is 21.4. The monoisotopic (exact) mass is 406 g/mol. The van der Waals surface area contributed by atoms with Gasteiger partial charge < -0.3 is 33.2 Å². The predicted octanol–water partition coefficient (Wildman–Crippen LogP) is -0.269. The SMILES string of the molecule is CO[C@H]1O[C@H]([C@@H](COC(C)=O)OC(C)=O)[C@@H](OC(C)=O)[C@H](OC)[C@H]1OC(C)=O. The van der Waals surface area contributed by atoms with Crippen LogP contribution in [0.4, 0.5) is 0 Å². The first-order valence-corrected chi connectivity index (χ1v) is 8.46. The van der Waals surface area contributed by atoms with E-state index in [1.54, 1.807) is 0 Å². The van der Waals surface area contributed by atoms with Crippen molar-refractivity contribution in [3.8, 4) is 0 Å². The first-order chi connectivity index (χ1) is 13.1. The van der Waals surface area contributed by atoms with Crippen molar-refractivity contribution in [2.75, 3.05) is 20.8 Å². The molecule has 1 aliphatic rings. The molecule has 6 atom stereocenters. The van der Waals surface area contributed by atoms with E-state index in [9.17, 15) is 19.2 Å². The van der Waals surface area contributed by atoms with E-state index in [2.05, 4.69) is 0 Å². The van der Waals surface area contributed by atoms with Gasteiger partial charge in [0, 0.05) is 41.9 Å². The van der Waals surface area contributed by atoms with Gasteiger partial charge in [-0.3, -0.25) is 19.2 Å². The van der Waals surface area contributed by atoms with Gasteiger partial charge in [-0.15, -0.1) is 0 Å². The number of hydrogen-bond donors (Lipinski definition) is 0. The average molecular weight is 406 g/mol. The molecule has 28 heavy (non-hydrogen) atoms. The van der Waals surface area contributed by atoms with Gasteiger partial charge in [0.15, 0.2) is 24.6 Å². The third-order valence-corrected chi connectivity index (χ3v) is 3.77. The van der Waals surface area contributed by atoms with Gasteiger partial charge in [0.25, 0.3) is 0 Å². The lowest BCUT2D eigenvalue weighted by Crippen LogP contribution is -2.64. The summed E-state index contributed by atoms with van der Waals surface area (Å²) in [5.74, 6) is -2.59. The molecule has 11 nitrogen and oxygen atoms in total. The highest BCUT2D eigenvalue weighted by Crippen LogP contribution is 2.31. The molecule has 1 heterocycles. The van der Waals surface area contributed by atoms with Crippen molar-refractivity contribution < 1.29 is 52.3 Å². The summed E-state index contributed by atoms with van der Waals surface area (Å²) in [7, 11) is 2.63. The second-order valence-electron chi connectivity index (χ2n) is 6.00. The van der Waals surface area contributed by atoms with Crippen LogP contribution in [0.2, 0.25) is 0 Å². The predicted molar refractivity (Wildman–Crippen MR) is 89.8 cm³/mol. The molecule has 0 aliphatic carbocycles. The molecule has 1 aliphatic heterocycles. The van der Waals surface area contributed by atoms with Crippen LogP contribution in [0.15, 0.2) is 0 Å². The minimum Gasteiger partial charge on any atom is -0.462 e. The molecule has 0 amide bonds. The molecule has 1 saturated heterocycles. The molecule has 0 N–H and O–H groups in total. The van der Waals surface area contributed by atoms with Crippen molar-refractivity contribution in [3.05, 3.63) is 0 Å². The highest BCUT2D eigenvalue weighted by Gasteiger charge is 2.53. The van der Waals surface area contributed by atoms with Gasteiger partial charge in [-0.25, -0.2) is 0 Å². The summed E-state index contributed by atoms with van der Waals surface area (Å²) in [5.41, 5.74) is 0. The largest absolute Gasteiger partial charge is 0.462 e. The van der Waals surface area contributed by atoms with Crippen LogP contribution in [-0.2, 0) is 52.3 Å². The first-order valence-electron chi connectivity index (χ1n) is 8.46. The summed E-state index contributed by atoms with van der Waals surface area (Å²) >= 11 is 0. The molecule has 0 radical (unpaired) electrons. The second kappa shape index (κ2) is 10.9. The van der Waals surface area contributed by atoms with E-state index in [1.807, 2.05) is 0 Å². The number of carbonyl (C=O) groups is 4. The Hall–Kier alpha value is -2.24. The molecular weight excluding hydrogens is 380 g/mol. The van der Waals surface area contributed by atoms with Gasteiger partial charge in [-0.05, 0) is 0 Å². The van der Waals surface area contributed by atoms with Crippen LogP contribution in [0.3, 0.4) is 0 Å². The molecule has 0 saturated carbocycles. The second-order valence-corrected chi connectivity index (χ2v) is 6.00. The quantitative estimate of drug-likeness (QED) is 0.389. The number of rotatable bonds is 8. The smallest absolute Gasteiger partial charge is 0.303 e. The maximum Gasteiger partial charge on any atom is 0.303 e. The third-order valence-electron chi connectivity index (χ3n) is 3.77. The number of carbonyl (C=O) groups excluding carboxylic acids is 4. The van der Waals surface area contributed by atoms with Crippen LogP contribution in [0.1, 0.15) is 27.7 Å². The van der Waals surface area contributed by atoms with Gasteiger partial charge in [-0.1, -0.05) is 0 Å². The molecule has 0 aromatic heterocycles. The van der Waals surface area contributed by atoms with E-state index in [0.717, 1.165) is 6.92 Å². The third kappa shape index (κ3) is 6.73. The van der Waals surface area contributed by atoms with E-state index in [4.69, 9.17) is 33.2 Å². The number of methoxy groups -OCH3 is 2. The highest BCUT2D eigenvalue weighted by atomic mass is 16.7. The van der Waals surface area contributed by atoms with Gasteiger partial charge in [0.2, 0.25) is 0 Å². The lowest BCUT2D eigenvalue weighted by molar-refractivity contribution is -0.314. The maximum atomic E-state index is 11.6. The van der Waals surface area contributed by atoms with E-state index in [0.29, 0.717) is 0 Å². The van der Waals surface area contributed by atoms with Crippen LogP contribution >= 0.6 is 0 Å². The van der Waals surface area contributed by atoms with Gasteiger partial charge in [-0.2, -0.15) is 0 Å². The van der Waals surface area contributed by atoms with Crippen LogP contribution < -0.4 is 0 Å². The standard InChI is InChI=1S/C17H26O11/c1-8(18)24-7-12(25-9(2)19)13-15(26-10(3)20)14(22-5)16(27-11(4)21)17(23-6)28-13/h12-17H,7H2,1-6H3/t12-,13-,14+,15-,16-,17+/m1/s1. The van der Waals surface area contributed by atoms with Crippen molar-refractivity contribution in [3.63, 3.8) is 0 Å². The van der Waals surface area contributed by atoms with Crippen LogP contribution in [0.25, 0.3) is 0 Å². The van der Waals surface area contributed by atoms with Gasteiger partial charge in [0.05, 0.1) is 0 Å². The zero-order valence-electron chi connectivity index (χ0n) is 16.7. The first kappa shape index (κ1) is 23.8. The Balaban J connectivity index is 3.28. The Bertz CT molecular complexity index is 575. The maximum absolute atomic E-state index is 11.6. The molecule has 1 fully saturated rings. The summed E-state index contributed by atoms with van der Waals surface area (Å²) in [4.78, 5) is 45.8. The fourth-order valence-corrected chi connectivity index (χ4v) is 2.84. The molecule has 0 aromatic rings. The van der Waals surface area contributed by atoms with E-state index in [1.165, 1.54) is 35.0 Å². The molecule has 11 heteroatoms. The van der Waals surface area contributed by atoms with Crippen molar-refractivity contribution in [1.29, 1.82) is 0 Å². The Morgan fingerprint density at radius 1 is 0.786 bits per heavy atom. The van der Waals surface area contributed by atoms with Crippen LogP contribution in [-0.4, -0.2) is 81.5 Å². The van der Waals surface area contributed by atoms with Crippen molar-refractivity contribution in [2.24, 2.45) is 0 Å². The van der Waals surface area contributed by atoms with Crippen LogP contribution in [0.5, 0.6) is 0 Å². The van der Waals surface area contributed by atoms with E-state index >= 15 is 0 Å². The molecule has 0 spiro atoms. The normalized spacial score (nSPS) is 28.0. The molecule has 160 valence electrons. The summed E-state index contributed by atoms with van der Waals surface area (Å²) in [6, 6.07) is 0. The summed E-state index contributed by atoms with van der Waals surface area (Å²) < 4.78 is 37.1. The zero-order valence-corrected chi connectivity index (χ0v) is 16.7. The van der Waals surface area contributed by atoms with E-state index < -0.39 is 60.7 Å². The summed E-state index contributed by atoms with van der Waals surface area (Å²) in [6.45, 7) is 4.34. The number of esters is 4. The van der Waals surface area contributed by atoms with Crippen molar-refractivity contribution in [2.45, 2.75) is 64.5 Å². The topological polar surface area (TPSA) is 133 Å². The summed E-state index contributed by atoms with van der Waals surface area (Å²) in [6.07, 6.45) is -6.63. The molecule has 1 rings (SSSR count). The Kier molecular flexibility index (Phi) is 9.29. The van der Waals surface area contributed by atoms with Crippen LogP contribution in [0, 0.1) is 0 Å². The number of hydrogen-bond acceptors (Lipinski definition) is 11. The Labute approximate surface area is 162 Å². The average Bonchev–Trinajstić information content (AvgIpc) is 2.57. The molecule has 0 unspecified atom stereocenters.